The van der Waals surface area contributed by atoms with E-state index in [0.717, 1.165) is 5.75 Å². The van der Waals surface area contributed by atoms with Crippen molar-refractivity contribution in [3.63, 3.8) is 0 Å². The molecule has 1 aliphatic rings. The summed E-state index contributed by atoms with van der Waals surface area (Å²) in [6.45, 7) is 4.16. The molecule has 11 heavy (non-hydrogen) atoms. The molecule has 0 aliphatic carbocycles. The lowest BCUT2D eigenvalue weighted by molar-refractivity contribution is 0.215. The summed E-state index contributed by atoms with van der Waals surface area (Å²) in [5.74, 6) is 1.02. The molecule has 1 aliphatic heterocycles. The smallest absolute Gasteiger partial charge is 0.153 e. The fourth-order valence-corrected chi connectivity index (χ4v) is 2.19. The second-order valence-electron chi connectivity index (χ2n) is 3.05. The second kappa shape index (κ2) is 2.18. The molecule has 0 bridgehead atoms. The second-order valence-corrected chi connectivity index (χ2v) is 4.68. The minimum Gasteiger partial charge on any atom is -0.476 e. The third kappa shape index (κ3) is 1.23. The van der Waals surface area contributed by atoms with Gasteiger partial charge in [-0.15, -0.1) is 0 Å². The lowest BCUT2D eigenvalue weighted by Crippen LogP contribution is -2.17. The Balaban J connectivity index is 2.41. The minimum atomic E-state index is -0.0797. The van der Waals surface area contributed by atoms with Crippen LogP contribution in [0.25, 0.3) is 0 Å². The Morgan fingerprint density at radius 1 is 1.27 bits per heavy atom. The first-order valence-corrected chi connectivity index (χ1v) is 4.46. The molecular formula is C9H10OS. The van der Waals surface area contributed by atoms with Gasteiger partial charge in [0.05, 0.1) is 4.90 Å². The SMILES string of the molecule is CC1(C)Oc2ccccc2S1. The minimum absolute atomic E-state index is 0.0797. The maximum atomic E-state index is 5.66. The van der Waals surface area contributed by atoms with Gasteiger partial charge in [0.1, 0.15) is 5.75 Å². The van der Waals surface area contributed by atoms with Gasteiger partial charge in [0.25, 0.3) is 0 Å². The maximum absolute atomic E-state index is 5.66. The van der Waals surface area contributed by atoms with Crippen molar-refractivity contribution in [3.8, 4) is 5.75 Å². The van der Waals surface area contributed by atoms with Crippen molar-refractivity contribution in [1.29, 1.82) is 0 Å². The first-order valence-electron chi connectivity index (χ1n) is 3.64. The van der Waals surface area contributed by atoms with Crippen LogP contribution in [0.4, 0.5) is 0 Å². The molecule has 0 atom stereocenters. The molecule has 0 aromatic heterocycles. The Morgan fingerprint density at radius 3 is 2.73 bits per heavy atom. The molecule has 0 spiro atoms. The third-order valence-electron chi connectivity index (χ3n) is 1.56. The molecule has 1 heterocycles. The normalized spacial score (nSPS) is 19.1. The Kier molecular flexibility index (Phi) is 1.39. The van der Waals surface area contributed by atoms with E-state index in [1.807, 2.05) is 18.2 Å². The zero-order valence-electron chi connectivity index (χ0n) is 6.63. The molecule has 1 aromatic rings. The summed E-state index contributed by atoms with van der Waals surface area (Å²) in [5, 5.41) is 0. The number of hydrogen-bond donors (Lipinski definition) is 0. The molecule has 58 valence electrons. The quantitative estimate of drug-likeness (QED) is 0.586. The van der Waals surface area contributed by atoms with Gasteiger partial charge in [-0.2, -0.15) is 0 Å². The van der Waals surface area contributed by atoms with Gasteiger partial charge >= 0.3 is 0 Å². The Labute approximate surface area is 70.8 Å². The van der Waals surface area contributed by atoms with E-state index in [9.17, 15) is 0 Å². The average Bonchev–Trinajstić information content (AvgIpc) is 2.21. The van der Waals surface area contributed by atoms with Crippen LogP contribution in [0.5, 0.6) is 5.75 Å². The highest BCUT2D eigenvalue weighted by atomic mass is 32.2. The number of hydrogen-bond acceptors (Lipinski definition) is 2. The lowest BCUT2D eigenvalue weighted by Gasteiger charge is -2.15. The first kappa shape index (κ1) is 7.04. The number of rotatable bonds is 0. The van der Waals surface area contributed by atoms with Crippen LogP contribution in [0.15, 0.2) is 29.2 Å². The number of benzene rings is 1. The molecule has 0 saturated carbocycles. The molecule has 1 nitrogen and oxygen atoms in total. The van der Waals surface area contributed by atoms with Gasteiger partial charge in [0.2, 0.25) is 0 Å². The van der Waals surface area contributed by atoms with Crippen molar-refractivity contribution in [2.24, 2.45) is 0 Å². The largest absolute Gasteiger partial charge is 0.476 e. The molecule has 0 amide bonds. The van der Waals surface area contributed by atoms with Gasteiger partial charge in [-0.25, -0.2) is 0 Å². The summed E-state index contributed by atoms with van der Waals surface area (Å²) in [5.41, 5.74) is 0. The predicted molar refractivity (Wildman–Crippen MR) is 47.0 cm³/mol. The molecule has 0 unspecified atom stereocenters. The van der Waals surface area contributed by atoms with E-state index in [4.69, 9.17) is 4.74 Å². The van der Waals surface area contributed by atoms with Gasteiger partial charge in [-0.05, 0) is 26.0 Å². The molecule has 0 N–H and O–H groups in total. The predicted octanol–water partition coefficient (Wildman–Crippen LogP) is 2.91. The summed E-state index contributed by atoms with van der Waals surface area (Å²) in [7, 11) is 0. The summed E-state index contributed by atoms with van der Waals surface area (Å²) in [6.07, 6.45) is 0. The molecular weight excluding hydrogens is 156 g/mol. The number of fused-ring (bicyclic) bond motifs is 1. The monoisotopic (exact) mass is 166 g/mol. The number of para-hydroxylation sites is 1. The molecule has 2 heteroatoms. The van der Waals surface area contributed by atoms with E-state index >= 15 is 0 Å². The molecule has 1 aromatic carbocycles. The zero-order chi connectivity index (χ0) is 7.90. The fraction of sp³-hybridized carbons (Fsp3) is 0.333. The summed E-state index contributed by atoms with van der Waals surface area (Å²) in [6, 6.07) is 8.14. The highest BCUT2D eigenvalue weighted by Gasteiger charge is 2.30. The fourth-order valence-electron chi connectivity index (χ4n) is 1.17. The van der Waals surface area contributed by atoms with Crippen molar-refractivity contribution in [3.05, 3.63) is 24.3 Å². The van der Waals surface area contributed by atoms with Gasteiger partial charge in [-0.1, -0.05) is 23.9 Å². The summed E-state index contributed by atoms with van der Waals surface area (Å²) < 4.78 is 5.66. The molecule has 2 rings (SSSR count). The van der Waals surface area contributed by atoms with Crippen LogP contribution in [0, 0.1) is 0 Å². The lowest BCUT2D eigenvalue weighted by atomic mass is 10.3. The number of ether oxygens (including phenoxy) is 1. The first-order chi connectivity index (χ1) is 5.17. The van der Waals surface area contributed by atoms with Gasteiger partial charge in [0, 0.05) is 0 Å². The van der Waals surface area contributed by atoms with Gasteiger partial charge in [-0.3, -0.25) is 0 Å². The van der Waals surface area contributed by atoms with Crippen LogP contribution < -0.4 is 4.74 Å². The van der Waals surface area contributed by atoms with Crippen LogP contribution in [0.3, 0.4) is 0 Å². The highest BCUT2D eigenvalue weighted by Crippen LogP contribution is 2.46. The number of thioether (sulfide) groups is 1. The topological polar surface area (TPSA) is 9.23 Å². The standard InChI is InChI=1S/C9H10OS/c1-9(2)10-7-5-3-4-6-8(7)11-9/h3-6H,1-2H3. The van der Waals surface area contributed by atoms with E-state index in [0.29, 0.717) is 0 Å². The van der Waals surface area contributed by atoms with Crippen molar-refractivity contribution < 1.29 is 4.74 Å². The Bertz CT molecular complexity index is 254. The Hall–Kier alpha value is -0.630. The van der Waals surface area contributed by atoms with E-state index in [1.54, 1.807) is 11.8 Å². The third-order valence-corrected chi connectivity index (χ3v) is 2.69. The van der Waals surface area contributed by atoms with Crippen molar-refractivity contribution in [2.75, 3.05) is 0 Å². The van der Waals surface area contributed by atoms with Crippen molar-refractivity contribution >= 4 is 11.8 Å². The van der Waals surface area contributed by atoms with E-state index < -0.39 is 0 Å². The Morgan fingerprint density at radius 2 is 2.00 bits per heavy atom. The van der Waals surface area contributed by atoms with Gasteiger partial charge in [0.15, 0.2) is 4.93 Å². The summed E-state index contributed by atoms with van der Waals surface area (Å²) >= 11 is 1.77. The zero-order valence-corrected chi connectivity index (χ0v) is 7.44. The van der Waals surface area contributed by atoms with Gasteiger partial charge < -0.3 is 4.74 Å². The van der Waals surface area contributed by atoms with E-state index in [1.165, 1.54) is 4.90 Å². The molecule has 0 radical (unpaired) electrons. The van der Waals surface area contributed by atoms with E-state index in [2.05, 4.69) is 19.9 Å². The maximum Gasteiger partial charge on any atom is 0.153 e. The van der Waals surface area contributed by atoms with Crippen LogP contribution >= 0.6 is 11.8 Å². The summed E-state index contributed by atoms with van der Waals surface area (Å²) in [4.78, 5) is 1.17. The van der Waals surface area contributed by atoms with Crippen molar-refractivity contribution in [2.45, 2.75) is 23.7 Å². The van der Waals surface area contributed by atoms with Crippen LogP contribution in [-0.4, -0.2) is 4.93 Å². The molecule has 0 fully saturated rings. The highest BCUT2D eigenvalue weighted by molar-refractivity contribution is 8.00. The van der Waals surface area contributed by atoms with Crippen LogP contribution in [0.2, 0.25) is 0 Å². The van der Waals surface area contributed by atoms with E-state index in [-0.39, 0.29) is 4.93 Å². The molecule has 0 saturated heterocycles. The van der Waals surface area contributed by atoms with Crippen LogP contribution in [0.1, 0.15) is 13.8 Å². The van der Waals surface area contributed by atoms with Crippen molar-refractivity contribution in [1.82, 2.24) is 0 Å². The average molecular weight is 166 g/mol. The van der Waals surface area contributed by atoms with Crippen LogP contribution in [-0.2, 0) is 0 Å².